The van der Waals surface area contributed by atoms with E-state index in [0.717, 1.165) is 36.7 Å². The van der Waals surface area contributed by atoms with Crippen molar-refractivity contribution in [3.8, 4) is 5.75 Å². The molecule has 0 bridgehead atoms. The number of hydrogen-bond acceptors (Lipinski definition) is 5. The number of pyridine rings is 1. The number of ether oxygens (including phenoxy) is 2. The maximum atomic E-state index is 12.2. The topological polar surface area (TPSA) is 47.7 Å². The van der Waals surface area contributed by atoms with Crippen LogP contribution in [0.15, 0.2) is 34.9 Å². The van der Waals surface area contributed by atoms with Crippen LogP contribution in [0.5, 0.6) is 5.75 Å². The van der Waals surface area contributed by atoms with Crippen LogP contribution in [-0.2, 0) is 11.3 Å². The lowest BCUT2D eigenvalue weighted by Gasteiger charge is -2.24. The van der Waals surface area contributed by atoms with Crippen LogP contribution >= 0.6 is 0 Å². The molecule has 0 aliphatic carbocycles. The number of alkyl halides is 2. The van der Waals surface area contributed by atoms with Crippen molar-refractivity contribution in [3.05, 3.63) is 42.0 Å². The summed E-state index contributed by atoms with van der Waals surface area (Å²) in [6.45, 7) is -1.57. The van der Waals surface area contributed by atoms with E-state index in [-0.39, 0.29) is 11.8 Å². The van der Waals surface area contributed by atoms with Gasteiger partial charge in [-0.3, -0.25) is 0 Å². The number of methoxy groups -OCH3 is 1. The molecule has 1 aliphatic heterocycles. The van der Waals surface area contributed by atoms with E-state index in [2.05, 4.69) is 14.6 Å². The fourth-order valence-corrected chi connectivity index (χ4v) is 2.85. The number of halogens is 2. The average Bonchev–Trinajstić information content (AvgIpc) is 3.16. The summed E-state index contributed by atoms with van der Waals surface area (Å²) in [4.78, 5) is 6.35. The van der Waals surface area contributed by atoms with Crippen LogP contribution < -0.4 is 9.64 Å². The van der Waals surface area contributed by atoms with Gasteiger partial charge in [-0.15, -0.1) is 0 Å². The van der Waals surface area contributed by atoms with Crippen molar-refractivity contribution in [3.63, 3.8) is 0 Å². The third-order valence-corrected chi connectivity index (χ3v) is 3.79. The molecule has 0 saturated carbocycles. The van der Waals surface area contributed by atoms with Crippen molar-refractivity contribution in [2.75, 3.05) is 18.6 Å². The zero-order valence-electron chi connectivity index (χ0n) is 12.7. The number of furan rings is 1. The summed E-state index contributed by atoms with van der Waals surface area (Å²) in [5.41, 5.74) is 0. The fourth-order valence-electron chi connectivity index (χ4n) is 2.85. The molecule has 0 radical (unpaired) electrons. The third-order valence-electron chi connectivity index (χ3n) is 3.79. The van der Waals surface area contributed by atoms with Crippen LogP contribution in [0.2, 0.25) is 0 Å². The molecule has 3 rings (SSSR count). The van der Waals surface area contributed by atoms with Crippen molar-refractivity contribution < 1.29 is 22.7 Å². The lowest BCUT2D eigenvalue weighted by atomic mass is 10.1. The van der Waals surface area contributed by atoms with E-state index in [1.54, 1.807) is 13.2 Å². The van der Waals surface area contributed by atoms with Gasteiger partial charge in [0.05, 0.1) is 12.2 Å². The molecule has 1 atom stereocenters. The largest absolute Gasteiger partial charge is 0.461 e. The molecule has 2 aromatic rings. The second kappa shape index (κ2) is 6.95. The van der Waals surface area contributed by atoms with Gasteiger partial charge in [-0.2, -0.15) is 8.78 Å². The van der Waals surface area contributed by atoms with E-state index < -0.39 is 6.61 Å². The lowest BCUT2D eigenvalue weighted by molar-refractivity contribution is -0.0500. The summed E-state index contributed by atoms with van der Waals surface area (Å²) >= 11 is 0. The Bertz CT molecular complexity index is 631. The highest BCUT2D eigenvalue weighted by atomic mass is 19.3. The summed E-state index contributed by atoms with van der Waals surface area (Å²) in [6, 6.07) is 7.14. The van der Waals surface area contributed by atoms with Crippen molar-refractivity contribution in [2.24, 2.45) is 0 Å². The molecule has 1 aliphatic rings. The van der Waals surface area contributed by atoms with Gasteiger partial charge < -0.3 is 18.8 Å². The highest BCUT2D eigenvalue weighted by Gasteiger charge is 2.29. The number of aromatic nitrogens is 1. The number of hydrogen-bond donors (Lipinski definition) is 0. The summed E-state index contributed by atoms with van der Waals surface area (Å²) in [7, 11) is 1.62. The zero-order valence-corrected chi connectivity index (χ0v) is 12.7. The van der Waals surface area contributed by atoms with Gasteiger partial charge in [-0.1, -0.05) is 0 Å². The first-order valence-corrected chi connectivity index (χ1v) is 7.42. The monoisotopic (exact) mass is 324 g/mol. The molecule has 0 aromatic carbocycles. The van der Waals surface area contributed by atoms with Crippen molar-refractivity contribution >= 4 is 5.82 Å². The van der Waals surface area contributed by atoms with E-state index in [4.69, 9.17) is 9.15 Å². The SMILES string of the molecule is COCc1ccc(C2CCCN2c2ccc(OC(F)F)cn2)o1. The van der Waals surface area contributed by atoms with Gasteiger partial charge in [-0.25, -0.2) is 4.98 Å². The Morgan fingerprint density at radius 3 is 2.91 bits per heavy atom. The quantitative estimate of drug-likeness (QED) is 0.809. The lowest BCUT2D eigenvalue weighted by Crippen LogP contribution is -2.23. The Balaban J connectivity index is 1.75. The van der Waals surface area contributed by atoms with Crippen LogP contribution in [0.4, 0.5) is 14.6 Å². The van der Waals surface area contributed by atoms with E-state index in [1.165, 1.54) is 12.3 Å². The first-order valence-electron chi connectivity index (χ1n) is 7.42. The molecule has 3 heterocycles. The molecule has 1 fully saturated rings. The molecule has 2 aromatic heterocycles. The molecule has 1 saturated heterocycles. The number of nitrogens with zero attached hydrogens (tertiary/aromatic N) is 2. The van der Waals surface area contributed by atoms with Gasteiger partial charge in [0.25, 0.3) is 0 Å². The van der Waals surface area contributed by atoms with Crippen molar-refractivity contribution in [2.45, 2.75) is 32.1 Å². The van der Waals surface area contributed by atoms with Gasteiger partial charge in [0.1, 0.15) is 29.7 Å². The van der Waals surface area contributed by atoms with Gasteiger partial charge in [0.15, 0.2) is 0 Å². The Hall–Kier alpha value is -2.15. The zero-order chi connectivity index (χ0) is 16.2. The molecular weight excluding hydrogens is 306 g/mol. The molecule has 0 N–H and O–H groups in total. The van der Waals surface area contributed by atoms with Gasteiger partial charge >= 0.3 is 6.61 Å². The fraction of sp³-hybridized carbons (Fsp3) is 0.438. The van der Waals surface area contributed by atoms with Crippen LogP contribution in [0.25, 0.3) is 0 Å². The summed E-state index contributed by atoms with van der Waals surface area (Å²) in [5.74, 6) is 2.42. The minimum atomic E-state index is -2.84. The molecule has 0 amide bonds. The maximum absolute atomic E-state index is 12.2. The molecular formula is C16H18F2N2O3. The van der Waals surface area contributed by atoms with Crippen LogP contribution in [0.1, 0.15) is 30.4 Å². The number of rotatable bonds is 6. The van der Waals surface area contributed by atoms with E-state index in [9.17, 15) is 8.78 Å². The molecule has 0 spiro atoms. The summed E-state index contributed by atoms with van der Waals surface area (Å²) in [5, 5.41) is 0. The van der Waals surface area contributed by atoms with Crippen LogP contribution in [0.3, 0.4) is 0 Å². The standard InChI is InChI=1S/C16H18F2N2O3/c1-21-10-12-4-6-14(22-12)13-3-2-8-20(13)15-7-5-11(9-19-15)23-16(17)18/h4-7,9,13,16H,2-3,8,10H2,1H3. The molecule has 1 unspecified atom stereocenters. The molecule has 124 valence electrons. The third kappa shape index (κ3) is 3.61. The molecule has 7 heteroatoms. The smallest absolute Gasteiger partial charge is 0.387 e. The van der Waals surface area contributed by atoms with E-state index >= 15 is 0 Å². The van der Waals surface area contributed by atoms with Gasteiger partial charge in [0.2, 0.25) is 0 Å². The predicted molar refractivity (Wildman–Crippen MR) is 79.6 cm³/mol. The average molecular weight is 324 g/mol. The Morgan fingerprint density at radius 1 is 1.35 bits per heavy atom. The highest BCUT2D eigenvalue weighted by Crippen LogP contribution is 2.36. The molecule has 23 heavy (non-hydrogen) atoms. The van der Waals surface area contributed by atoms with Crippen molar-refractivity contribution in [1.29, 1.82) is 0 Å². The Kier molecular flexibility index (Phi) is 4.76. The first kappa shape index (κ1) is 15.7. The predicted octanol–water partition coefficient (Wildman–Crippen LogP) is 3.76. The Labute approximate surface area is 132 Å². The minimum Gasteiger partial charge on any atom is -0.461 e. The van der Waals surface area contributed by atoms with E-state index in [1.807, 2.05) is 12.1 Å². The maximum Gasteiger partial charge on any atom is 0.387 e. The summed E-state index contributed by atoms with van der Waals surface area (Å²) < 4.78 is 39.6. The number of anilines is 1. The molecule has 5 nitrogen and oxygen atoms in total. The van der Waals surface area contributed by atoms with Gasteiger partial charge in [-0.05, 0) is 37.1 Å². The van der Waals surface area contributed by atoms with E-state index in [0.29, 0.717) is 6.61 Å². The normalized spacial score (nSPS) is 17.9. The highest BCUT2D eigenvalue weighted by molar-refractivity contribution is 5.44. The summed E-state index contributed by atoms with van der Waals surface area (Å²) in [6.07, 6.45) is 3.29. The van der Waals surface area contributed by atoms with Crippen LogP contribution in [0, 0.1) is 0 Å². The second-order valence-corrected chi connectivity index (χ2v) is 5.32. The first-order chi connectivity index (χ1) is 11.2. The van der Waals surface area contributed by atoms with Crippen molar-refractivity contribution in [1.82, 2.24) is 4.98 Å². The van der Waals surface area contributed by atoms with Crippen LogP contribution in [-0.4, -0.2) is 25.3 Å². The second-order valence-electron chi connectivity index (χ2n) is 5.32. The Morgan fingerprint density at radius 2 is 2.22 bits per heavy atom. The van der Waals surface area contributed by atoms with Gasteiger partial charge in [0, 0.05) is 13.7 Å². The minimum absolute atomic E-state index is 0.0554.